The maximum Gasteiger partial charge on any atom is 0.291 e. The van der Waals surface area contributed by atoms with Gasteiger partial charge in [-0.25, -0.2) is 15.0 Å². The van der Waals surface area contributed by atoms with Gasteiger partial charge in [-0.1, -0.05) is 0 Å². The first-order chi connectivity index (χ1) is 10.7. The van der Waals surface area contributed by atoms with Crippen LogP contribution in [0.25, 0.3) is 0 Å². The predicted molar refractivity (Wildman–Crippen MR) is 78.4 cm³/mol. The third-order valence-corrected chi connectivity index (χ3v) is 4.87. The minimum absolute atomic E-state index is 0.0169. The Morgan fingerprint density at radius 2 is 2.27 bits per heavy atom. The van der Waals surface area contributed by atoms with Crippen LogP contribution in [0.4, 0.5) is 0 Å². The minimum Gasteiger partial charge on any atom is -0.438 e. The molecule has 22 heavy (non-hydrogen) atoms. The lowest BCUT2D eigenvalue weighted by Crippen LogP contribution is -2.48. The molecule has 1 aliphatic heterocycles. The number of rotatable bonds is 1. The second-order valence-corrected chi connectivity index (χ2v) is 6.27. The number of piperidine rings is 1. The number of nitrogens with zero attached hydrogens (tertiary/aromatic N) is 4. The molecule has 0 N–H and O–H groups in total. The zero-order valence-corrected chi connectivity index (χ0v) is 12.6. The Kier molecular flexibility index (Phi) is 2.99. The average Bonchev–Trinajstić information content (AvgIpc) is 3.17. The number of aryl methyl sites for hydroxylation is 2. The van der Waals surface area contributed by atoms with Gasteiger partial charge in [0.05, 0.1) is 11.9 Å². The maximum atomic E-state index is 12.5. The molecule has 1 amide bonds. The van der Waals surface area contributed by atoms with E-state index >= 15 is 0 Å². The van der Waals surface area contributed by atoms with Gasteiger partial charge in [0.1, 0.15) is 5.82 Å². The first-order valence-electron chi connectivity index (χ1n) is 7.69. The van der Waals surface area contributed by atoms with Crippen LogP contribution in [0.1, 0.15) is 46.9 Å². The molecule has 1 fully saturated rings. The van der Waals surface area contributed by atoms with Crippen LogP contribution in [0, 0.1) is 6.92 Å². The Bertz CT molecular complexity index is 709. The van der Waals surface area contributed by atoms with E-state index < -0.39 is 0 Å². The number of hydrogen-bond donors (Lipinski definition) is 0. The summed E-state index contributed by atoms with van der Waals surface area (Å²) in [6, 6.07) is 0. The fourth-order valence-electron chi connectivity index (χ4n) is 3.81. The lowest BCUT2D eigenvalue weighted by molar-refractivity contribution is 0.0601. The Labute approximate surface area is 128 Å². The normalized spacial score (nSPS) is 23.8. The number of amides is 1. The van der Waals surface area contributed by atoms with Gasteiger partial charge >= 0.3 is 0 Å². The molecule has 1 saturated heterocycles. The minimum atomic E-state index is -0.0733. The second-order valence-electron chi connectivity index (χ2n) is 6.27. The van der Waals surface area contributed by atoms with E-state index in [1.807, 2.05) is 18.0 Å². The summed E-state index contributed by atoms with van der Waals surface area (Å²) in [4.78, 5) is 27.3. The van der Waals surface area contributed by atoms with E-state index in [9.17, 15) is 4.79 Å². The van der Waals surface area contributed by atoms with Crippen LogP contribution >= 0.6 is 0 Å². The third kappa shape index (κ3) is 2.01. The Morgan fingerprint density at radius 3 is 3.09 bits per heavy atom. The van der Waals surface area contributed by atoms with Crippen LogP contribution < -0.4 is 0 Å². The molecule has 1 aliphatic carbocycles. The highest BCUT2D eigenvalue weighted by Gasteiger charge is 2.45. The van der Waals surface area contributed by atoms with E-state index in [1.54, 1.807) is 0 Å². The highest BCUT2D eigenvalue weighted by atomic mass is 16.3. The zero-order valence-electron chi connectivity index (χ0n) is 12.6. The molecule has 4 rings (SSSR count). The molecule has 6 nitrogen and oxygen atoms in total. The number of fused-ring (bicyclic) bond motifs is 2. The SMILES string of the molecule is Cc1ncc2c(n1)C1(CCCN(C(=O)c3cnco3)C1)CC2. The molecule has 1 unspecified atom stereocenters. The molecule has 0 aromatic carbocycles. The Balaban J connectivity index is 1.65. The molecule has 2 aromatic heterocycles. The molecular formula is C16H18N4O2. The smallest absolute Gasteiger partial charge is 0.291 e. The van der Waals surface area contributed by atoms with Crippen molar-refractivity contribution in [2.24, 2.45) is 0 Å². The van der Waals surface area contributed by atoms with Crippen LogP contribution in [-0.4, -0.2) is 38.8 Å². The standard InChI is InChI=1S/C16H18N4O2/c1-11-18-7-12-3-5-16(14(12)19-11)4-2-6-20(9-16)15(21)13-8-17-10-22-13/h7-8,10H,2-6,9H2,1H3. The first-order valence-corrected chi connectivity index (χ1v) is 7.69. The van der Waals surface area contributed by atoms with Gasteiger partial charge in [-0.05, 0) is 38.2 Å². The van der Waals surface area contributed by atoms with Crippen molar-refractivity contribution in [2.45, 2.75) is 38.0 Å². The van der Waals surface area contributed by atoms with Crippen LogP contribution in [0.3, 0.4) is 0 Å². The fraction of sp³-hybridized carbons (Fsp3) is 0.500. The number of oxazole rings is 1. The summed E-state index contributed by atoms with van der Waals surface area (Å²) in [6.45, 7) is 3.39. The quantitative estimate of drug-likeness (QED) is 0.804. The van der Waals surface area contributed by atoms with Crippen molar-refractivity contribution in [3.63, 3.8) is 0 Å². The van der Waals surface area contributed by atoms with Gasteiger partial charge in [-0.3, -0.25) is 4.79 Å². The molecule has 0 bridgehead atoms. The topological polar surface area (TPSA) is 72.1 Å². The Hall–Kier alpha value is -2.24. The second kappa shape index (κ2) is 4.90. The predicted octanol–water partition coefficient (Wildman–Crippen LogP) is 1.89. The lowest BCUT2D eigenvalue weighted by atomic mass is 9.77. The summed E-state index contributed by atoms with van der Waals surface area (Å²) in [5, 5.41) is 0. The van der Waals surface area contributed by atoms with Gasteiger partial charge in [0, 0.05) is 24.7 Å². The van der Waals surface area contributed by atoms with Gasteiger partial charge in [-0.15, -0.1) is 0 Å². The van der Waals surface area contributed by atoms with Gasteiger partial charge in [0.15, 0.2) is 6.39 Å². The molecule has 1 atom stereocenters. The van der Waals surface area contributed by atoms with Crippen molar-refractivity contribution in [2.75, 3.05) is 13.1 Å². The monoisotopic (exact) mass is 298 g/mol. The van der Waals surface area contributed by atoms with Crippen LogP contribution in [-0.2, 0) is 11.8 Å². The van der Waals surface area contributed by atoms with Gasteiger partial charge in [-0.2, -0.15) is 0 Å². The van der Waals surface area contributed by atoms with E-state index in [0.717, 1.165) is 43.7 Å². The fourth-order valence-corrected chi connectivity index (χ4v) is 3.81. The third-order valence-electron chi connectivity index (χ3n) is 4.87. The van der Waals surface area contributed by atoms with Crippen molar-refractivity contribution in [1.29, 1.82) is 0 Å². The van der Waals surface area contributed by atoms with Crippen LogP contribution in [0.5, 0.6) is 0 Å². The molecule has 2 aliphatic rings. The number of likely N-dealkylation sites (tertiary alicyclic amines) is 1. The zero-order chi connectivity index (χ0) is 15.2. The summed E-state index contributed by atoms with van der Waals surface area (Å²) >= 11 is 0. The van der Waals surface area contributed by atoms with Crippen LogP contribution in [0.2, 0.25) is 0 Å². The molecule has 0 radical (unpaired) electrons. The van der Waals surface area contributed by atoms with Crippen molar-refractivity contribution >= 4 is 5.91 Å². The van der Waals surface area contributed by atoms with Crippen molar-refractivity contribution < 1.29 is 9.21 Å². The highest BCUT2D eigenvalue weighted by molar-refractivity contribution is 5.91. The maximum absolute atomic E-state index is 12.5. The molecule has 2 aromatic rings. The number of carbonyl (C=O) groups excluding carboxylic acids is 1. The van der Waals surface area contributed by atoms with Crippen molar-refractivity contribution in [1.82, 2.24) is 19.9 Å². The summed E-state index contributed by atoms with van der Waals surface area (Å²) < 4.78 is 5.16. The molecule has 114 valence electrons. The van der Waals surface area contributed by atoms with Crippen LogP contribution in [0.15, 0.2) is 23.2 Å². The average molecular weight is 298 g/mol. The van der Waals surface area contributed by atoms with E-state index in [1.165, 1.54) is 18.2 Å². The number of hydrogen-bond acceptors (Lipinski definition) is 5. The Morgan fingerprint density at radius 1 is 1.36 bits per heavy atom. The summed E-state index contributed by atoms with van der Waals surface area (Å²) in [7, 11) is 0. The molecule has 0 saturated carbocycles. The van der Waals surface area contributed by atoms with Crippen molar-refractivity contribution in [3.05, 3.63) is 41.6 Å². The number of aromatic nitrogens is 3. The molecule has 1 spiro atoms. The summed E-state index contributed by atoms with van der Waals surface area (Å²) in [6.07, 6.45) is 8.84. The molecule has 3 heterocycles. The van der Waals surface area contributed by atoms with Gasteiger partial charge < -0.3 is 9.32 Å². The van der Waals surface area contributed by atoms with Gasteiger partial charge in [0.25, 0.3) is 5.91 Å². The molecule has 6 heteroatoms. The van der Waals surface area contributed by atoms with Crippen molar-refractivity contribution in [3.8, 4) is 0 Å². The first kappa shape index (κ1) is 13.4. The number of carbonyl (C=O) groups is 1. The van der Waals surface area contributed by atoms with E-state index in [-0.39, 0.29) is 11.3 Å². The summed E-state index contributed by atoms with van der Waals surface area (Å²) in [5.41, 5.74) is 2.37. The highest BCUT2D eigenvalue weighted by Crippen LogP contribution is 2.43. The van der Waals surface area contributed by atoms with E-state index in [4.69, 9.17) is 9.40 Å². The molecular weight excluding hydrogens is 280 g/mol. The van der Waals surface area contributed by atoms with E-state index in [2.05, 4.69) is 9.97 Å². The summed E-state index contributed by atoms with van der Waals surface area (Å²) in [5.74, 6) is 1.05. The lowest BCUT2D eigenvalue weighted by Gasteiger charge is -2.40. The van der Waals surface area contributed by atoms with E-state index in [0.29, 0.717) is 12.3 Å². The van der Waals surface area contributed by atoms with Gasteiger partial charge in [0.2, 0.25) is 5.76 Å². The largest absolute Gasteiger partial charge is 0.438 e.